The van der Waals surface area contributed by atoms with Crippen molar-refractivity contribution in [1.29, 1.82) is 0 Å². The van der Waals surface area contributed by atoms with Crippen molar-refractivity contribution in [2.24, 2.45) is 0 Å². The fourth-order valence-electron chi connectivity index (χ4n) is 2.57. The minimum Gasteiger partial charge on any atom is -0.486 e. The number of hydrogen-bond donors (Lipinski definition) is 0. The van der Waals surface area contributed by atoms with Gasteiger partial charge in [0, 0.05) is 12.1 Å². The van der Waals surface area contributed by atoms with Crippen molar-refractivity contribution in [2.45, 2.75) is 13.0 Å². The Morgan fingerprint density at radius 1 is 1.17 bits per heavy atom. The van der Waals surface area contributed by atoms with Crippen molar-refractivity contribution in [3.8, 4) is 11.5 Å². The molecule has 24 heavy (non-hydrogen) atoms. The number of likely N-dealkylation sites (N-methyl/N-ethyl adjacent to an activating group) is 1. The largest absolute Gasteiger partial charge is 0.486 e. The first-order valence-electron chi connectivity index (χ1n) is 7.71. The molecule has 0 N–H and O–H groups in total. The van der Waals surface area contributed by atoms with Crippen LogP contribution in [-0.2, 0) is 0 Å². The van der Waals surface area contributed by atoms with Crippen LogP contribution in [0.15, 0.2) is 42.5 Å². The number of hydrogen-bond acceptors (Lipinski definition) is 3. The molecule has 3 rings (SSSR count). The number of nitrogens with zero attached hydrogens (tertiary/aromatic N) is 1. The monoisotopic (exact) mass is 365 g/mol. The van der Waals surface area contributed by atoms with E-state index in [2.05, 4.69) is 0 Å². The van der Waals surface area contributed by atoms with E-state index >= 15 is 0 Å². The number of para-hydroxylation sites is 2. The van der Waals surface area contributed by atoms with Gasteiger partial charge in [-0.1, -0.05) is 35.3 Å². The molecule has 0 saturated carbocycles. The van der Waals surface area contributed by atoms with E-state index < -0.39 is 0 Å². The number of fused-ring (bicyclic) bond motifs is 1. The van der Waals surface area contributed by atoms with Crippen LogP contribution in [0.2, 0.25) is 10.0 Å². The predicted octanol–water partition coefficient (Wildman–Crippen LogP) is 4.30. The molecule has 6 heteroatoms. The van der Waals surface area contributed by atoms with Gasteiger partial charge in [0.25, 0.3) is 5.91 Å². The number of ether oxygens (including phenoxy) is 2. The molecule has 2 aromatic carbocycles. The zero-order valence-corrected chi connectivity index (χ0v) is 14.7. The van der Waals surface area contributed by atoms with Gasteiger partial charge < -0.3 is 14.4 Å². The average molecular weight is 366 g/mol. The number of halogens is 2. The highest BCUT2D eigenvalue weighted by Crippen LogP contribution is 2.31. The maximum Gasteiger partial charge on any atom is 0.254 e. The lowest BCUT2D eigenvalue weighted by Crippen LogP contribution is -2.43. The normalized spacial score (nSPS) is 15.9. The number of rotatable bonds is 4. The minimum atomic E-state index is -0.216. The van der Waals surface area contributed by atoms with Crippen molar-refractivity contribution >= 4 is 29.1 Å². The molecule has 0 bridgehead atoms. The fourth-order valence-corrected chi connectivity index (χ4v) is 2.86. The molecule has 4 nitrogen and oxygen atoms in total. The van der Waals surface area contributed by atoms with Gasteiger partial charge in [-0.2, -0.15) is 0 Å². The van der Waals surface area contributed by atoms with Crippen LogP contribution < -0.4 is 9.47 Å². The van der Waals surface area contributed by atoms with Crippen LogP contribution in [-0.4, -0.2) is 36.6 Å². The third-order valence-corrected chi connectivity index (χ3v) is 4.57. The van der Waals surface area contributed by atoms with Crippen molar-refractivity contribution in [2.75, 3.05) is 19.7 Å². The lowest BCUT2D eigenvalue weighted by Gasteiger charge is -2.31. The smallest absolute Gasteiger partial charge is 0.254 e. The van der Waals surface area contributed by atoms with Gasteiger partial charge in [-0.3, -0.25) is 4.79 Å². The Labute approximate surface area is 150 Å². The standard InChI is InChI=1S/C18H17Cl2NO3/c1-2-21(18(22)12-7-8-14(19)15(20)9-12)10-13-11-23-16-5-3-4-6-17(16)24-13/h3-9,13H,2,10-11H2,1H3/t13-/m0/s1. The van der Waals surface area contributed by atoms with E-state index in [1.165, 1.54) is 0 Å². The summed E-state index contributed by atoms with van der Waals surface area (Å²) >= 11 is 11.9. The Morgan fingerprint density at radius 3 is 2.62 bits per heavy atom. The molecule has 1 heterocycles. The summed E-state index contributed by atoms with van der Waals surface area (Å²) in [5.41, 5.74) is 0.503. The van der Waals surface area contributed by atoms with Crippen molar-refractivity contribution in [3.63, 3.8) is 0 Å². The van der Waals surface area contributed by atoms with Gasteiger partial charge >= 0.3 is 0 Å². The Balaban J connectivity index is 1.71. The summed E-state index contributed by atoms with van der Waals surface area (Å²) in [7, 11) is 0. The van der Waals surface area contributed by atoms with Crippen molar-refractivity contribution in [3.05, 3.63) is 58.1 Å². The number of amides is 1. The van der Waals surface area contributed by atoms with E-state index in [0.29, 0.717) is 41.1 Å². The molecule has 1 aliphatic rings. The summed E-state index contributed by atoms with van der Waals surface area (Å²) in [6, 6.07) is 12.4. The molecule has 1 amide bonds. The maximum absolute atomic E-state index is 12.7. The first-order valence-corrected chi connectivity index (χ1v) is 8.47. The molecule has 126 valence electrons. The van der Waals surface area contributed by atoms with Crippen LogP contribution in [0.4, 0.5) is 0 Å². The summed E-state index contributed by atoms with van der Waals surface area (Å²) in [6.07, 6.45) is -0.216. The molecule has 0 saturated heterocycles. The number of carbonyl (C=O) groups is 1. The molecule has 0 aromatic heterocycles. The summed E-state index contributed by atoms with van der Waals surface area (Å²) < 4.78 is 11.6. The first-order chi connectivity index (χ1) is 11.6. The zero-order valence-electron chi connectivity index (χ0n) is 13.2. The molecular weight excluding hydrogens is 349 g/mol. The number of carbonyl (C=O) groups excluding carboxylic acids is 1. The third kappa shape index (κ3) is 3.60. The van der Waals surface area contributed by atoms with Crippen LogP contribution >= 0.6 is 23.2 Å². The highest BCUT2D eigenvalue weighted by atomic mass is 35.5. The lowest BCUT2D eigenvalue weighted by atomic mass is 10.2. The summed E-state index contributed by atoms with van der Waals surface area (Å²) in [5.74, 6) is 1.32. The molecule has 1 atom stereocenters. The van der Waals surface area contributed by atoms with Gasteiger partial charge in [-0.05, 0) is 37.3 Å². The van der Waals surface area contributed by atoms with Crippen LogP contribution in [0.5, 0.6) is 11.5 Å². The molecule has 2 aromatic rings. The second kappa shape index (κ2) is 7.32. The Morgan fingerprint density at radius 2 is 1.92 bits per heavy atom. The van der Waals surface area contributed by atoms with Gasteiger partial charge in [-0.15, -0.1) is 0 Å². The maximum atomic E-state index is 12.7. The van der Waals surface area contributed by atoms with Gasteiger partial charge in [0.15, 0.2) is 17.6 Å². The SMILES string of the molecule is CCN(C[C@H]1COc2ccccc2O1)C(=O)c1ccc(Cl)c(Cl)c1. The van der Waals surface area contributed by atoms with Crippen molar-refractivity contribution in [1.82, 2.24) is 4.90 Å². The third-order valence-electron chi connectivity index (χ3n) is 3.83. The van der Waals surface area contributed by atoms with Gasteiger partial charge in [0.05, 0.1) is 16.6 Å². The van der Waals surface area contributed by atoms with E-state index in [1.807, 2.05) is 31.2 Å². The van der Waals surface area contributed by atoms with Crippen LogP contribution in [0.1, 0.15) is 17.3 Å². The second-order valence-corrected chi connectivity index (χ2v) is 6.28. The lowest BCUT2D eigenvalue weighted by molar-refractivity contribution is 0.0475. The second-order valence-electron chi connectivity index (χ2n) is 5.47. The molecule has 0 unspecified atom stereocenters. The fraction of sp³-hybridized carbons (Fsp3) is 0.278. The molecular formula is C18H17Cl2NO3. The molecule has 0 spiro atoms. The highest BCUT2D eigenvalue weighted by molar-refractivity contribution is 6.42. The summed E-state index contributed by atoms with van der Waals surface area (Å²) in [5, 5.41) is 0.793. The highest BCUT2D eigenvalue weighted by Gasteiger charge is 2.25. The average Bonchev–Trinajstić information content (AvgIpc) is 2.61. The predicted molar refractivity (Wildman–Crippen MR) is 94.4 cm³/mol. The van der Waals surface area contributed by atoms with Gasteiger partial charge in [0.2, 0.25) is 0 Å². The summed E-state index contributed by atoms with van der Waals surface area (Å²) in [4.78, 5) is 14.4. The minimum absolute atomic E-state index is 0.112. The van der Waals surface area contributed by atoms with Gasteiger partial charge in [-0.25, -0.2) is 0 Å². The molecule has 1 aliphatic heterocycles. The van der Waals surface area contributed by atoms with E-state index in [9.17, 15) is 4.79 Å². The first kappa shape index (κ1) is 16.9. The quantitative estimate of drug-likeness (QED) is 0.810. The summed E-state index contributed by atoms with van der Waals surface area (Å²) in [6.45, 7) is 3.32. The zero-order chi connectivity index (χ0) is 17.1. The topological polar surface area (TPSA) is 38.8 Å². The molecule has 0 aliphatic carbocycles. The van der Waals surface area contributed by atoms with E-state index in [1.54, 1.807) is 23.1 Å². The van der Waals surface area contributed by atoms with E-state index in [-0.39, 0.29) is 12.0 Å². The van der Waals surface area contributed by atoms with Crippen LogP contribution in [0.25, 0.3) is 0 Å². The number of benzene rings is 2. The van der Waals surface area contributed by atoms with E-state index in [0.717, 1.165) is 5.75 Å². The molecule has 0 fully saturated rings. The Kier molecular flexibility index (Phi) is 5.17. The Bertz CT molecular complexity index is 751. The van der Waals surface area contributed by atoms with Crippen LogP contribution in [0.3, 0.4) is 0 Å². The molecule has 0 radical (unpaired) electrons. The van der Waals surface area contributed by atoms with Crippen LogP contribution in [0, 0.1) is 0 Å². The van der Waals surface area contributed by atoms with E-state index in [4.69, 9.17) is 32.7 Å². The Hall–Kier alpha value is -1.91. The van der Waals surface area contributed by atoms with Crippen molar-refractivity contribution < 1.29 is 14.3 Å². The van der Waals surface area contributed by atoms with Gasteiger partial charge in [0.1, 0.15) is 6.61 Å².